The fourth-order valence-electron chi connectivity index (χ4n) is 2.73. The van der Waals surface area contributed by atoms with Crippen LogP contribution in [0.25, 0.3) is 0 Å². The zero-order valence-electron chi connectivity index (χ0n) is 19.5. The van der Waals surface area contributed by atoms with Gasteiger partial charge >= 0.3 is 0 Å². The number of nitrogens with one attached hydrogen (secondary N) is 4. The Kier molecular flexibility index (Phi) is 8.98. The summed E-state index contributed by atoms with van der Waals surface area (Å²) in [5.41, 5.74) is 5.04. The number of anilines is 1. The standard InChI is InChI=1S/C22H28N4O7S/c1-13(2)33-19-11-6-16(12-20(19)32-5)22(29)25-24-21(28)14(3)26-34(30,31)18-9-7-17(8-10-18)23-15(4)27/h6-14,26H,1-5H3,(H,23,27)(H,24,28)(H,25,29)/t14-/m0/s1. The molecule has 0 radical (unpaired) electrons. The molecule has 184 valence electrons. The zero-order chi connectivity index (χ0) is 25.5. The average Bonchev–Trinajstić information content (AvgIpc) is 2.76. The summed E-state index contributed by atoms with van der Waals surface area (Å²) in [6.45, 7) is 6.36. The van der Waals surface area contributed by atoms with Gasteiger partial charge in [0, 0.05) is 18.2 Å². The minimum atomic E-state index is -4.03. The monoisotopic (exact) mass is 492 g/mol. The van der Waals surface area contributed by atoms with E-state index >= 15 is 0 Å². The molecule has 1 atom stereocenters. The van der Waals surface area contributed by atoms with Gasteiger partial charge in [-0.3, -0.25) is 25.2 Å². The third-order valence-electron chi connectivity index (χ3n) is 4.30. The van der Waals surface area contributed by atoms with E-state index in [9.17, 15) is 22.8 Å². The van der Waals surface area contributed by atoms with Crippen molar-refractivity contribution in [1.29, 1.82) is 0 Å². The van der Waals surface area contributed by atoms with Crippen molar-refractivity contribution in [3.8, 4) is 11.5 Å². The van der Waals surface area contributed by atoms with Gasteiger partial charge in [0.1, 0.15) is 0 Å². The molecule has 0 heterocycles. The predicted molar refractivity (Wildman–Crippen MR) is 125 cm³/mol. The van der Waals surface area contributed by atoms with Crippen molar-refractivity contribution in [3.63, 3.8) is 0 Å². The minimum absolute atomic E-state index is 0.0896. The highest BCUT2D eigenvalue weighted by atomic mass is 32.2. The van der Waals surface area contributed by atoms with E-state index in [0.717, 1.165) is 0 Å². The molecule has 0 fully saturated rings. The number of carbonyl (C=O) groups is 3. The van der Waals surface area contributed by atoms with Crippen LogP contribution in [0, 0.1) is 0 Å². The number of sulfonamides is 1. The maximum absolute atomic E-state index is 12.5. The molecule has 0 spiro atoms. The van der Waals surface area contributed by atoms with Crippen molar-refractivity contribution in [2.75, 3.05) is 12.4 Å². The first-order chi connectivity index (χ1) is 15.9. The lowest BCUT2D eigenvalue weighted by Crippen LogP contribution is -2.51. The van der Waals surface area contributed by atoms with Crippen LogP contribution in [0.15, 0.2) is 47.4 Å². The molecule has 34 heavy (non-hydrogen) atoms. The van der Waals surface area contributed by atoms with E-state index in [4.69, 9.17) is 9.47 Å². The Morgan fingerprint density at radius 3 is 2.12 bits per heavy atom. The van der Waals surface area contributed by atoms with E-state index in [1.54, 1.807) is 6.07 Å². The second-order valence-electron chi connectivity index (χ2n) is 7.52. The van der Waals surface area contributed by atoms with Gasteiger partial charge in [0.15, 0.2) is 11.5 Å². The predicted octanol–water partition coefficient (Wildman–Crippen LogP) is 1.57. The smallest absolute Gasteiger partial charge is 0.269 e. The molecule has 2 aromatic carbocycles. The van der Waals surface area contributed by atoms with Crippen LogP contribution in [-0.4, -0.2) is 45.4 Å². The second-order valence-corrected chi connectivity index (χ2v) is 9.24. The summed E-state index contributed by atoms with van der Waals surface area (Å²) in [7, 11) is -2.59. The molecule has 4 N–H and O–H groups in total. The highest BCUT2D eigenvalue weighted by molar-refractivity contribution is 7.89. The van der Waals surface area contributed by atoms with Gasteiger partial charge in [-0.2, -0.15) is 4.72 Å². The van der Waals surface area contributed by atoms with Crippen molar-refractivity contribution in [1.82, 2.24) is 15.6 Å². The largest absolute Gasteiger partial charge is 0.493 e. The van der Waals surface area contributed by atoms with E-state index in [2.05, 4.69) is 20.9 Å². The van der Waals surface area contributed by atoms with E-state index in [1.165, 1.54) is 57.4 Å². The first kappa shape index (κ1) is 26.6. The van der Waals surface area contributed by atoms with Crippen molar-refractivity contribution < 1.29 is 32.3 Å². The molecule has 3 amide bonds. The number of carbonyl (C=O) groups excluding carboxylic acids is 3. The number of rotatable bonds is 9. The molecule has 0 saturated heterocycles. The van der Waals surface area contributed by atoms with Crippen LogP contribution in [0.2, 0.25) is 0 Å². The lowest BCUT2D eigenvalue weighted by molar-refractivity contribution is -0.123. The van der Waals surface area contributed by atoms with E-state index in [1.807, 2.05) is 13.8 Å². The summed E-state index contributed by atoms with van der Waals surface area (Å²) in [6.07, 6.45) is -0.0896. The Balaban J connectivity index is 1.97. The van der Waals surface area contributed by atoms with Crippen LogP contribution in [0.5, 0.6) is 11.5 Å². The highest BCUT2D eigenvalue weighted by Crippen LogP contribution is 2.28. The van der Waals surface area contributed by atoms with Crippen LogP contribution < -0.4 is 30.4 Å². The Labute approximate surface area is 198 Å². The maximum Gasteiger partial charge on any atom is 0.269 e. The minimum Gasteiger partial charge on any atom is -0.493 e. The molecule has 11 nitrogen and oxygen atoms in total. The molecule has 0 unspecified atom stereocenters. The first-order valence-corrected chi connectivity index (χ1v) is 11.8. The third-order valence-corrected chi connectivity index (χ3v) is 5.85. The Bertz CT molecular complexity index is 1150. The van der Waals surface area contributed by atoms with Crippen LogP contribution in [-0.2, 0) is 19.6 Å². The van der Waals surface area contributed by atoms with Crippen LogP contribution in [0.4, 0.5) is 5.69 Å². The molecular formula is C22H28N4O7S. The third kappa shape index (κ3) is 7.46. The lowest BCUT2D eigenvalue weighted by atomic mass is 10.2. The molecule has 0 bridgehead atoms. The summed E-state index contributed by atoms with van der Waals surface area (Å²) < 4.78 is 38.1. The van der Waals surface area contributed by atoms with Gasteiger partial charge in [-0.1, -0.05) is 0 Å². The molecule has 0 aliphatic heterocycles. The van der Waals surface area contributed by atoms with Crippen LogP contribution in [0.3, 0.4) is 0 Å². The topological polar surface area (TPSA) is 152 Å². The van der Waals surface area contributed by atoms with E-state index < -0.39 is 27.9 Å². The van der Waals surface area contributed by atoms with Crippen LogP contribution >= 0.6 is 0 Å². The molecule has 0 aromatic heterocycles. The van der Waals surface area contributed by atoms with E-state index in [0.29, 0.717) is 17.2 Å². The molecule has 0 saturated carbocycles. The Morgan fingerprint density at radius 1 is 0.912 bits per heavy atom. The fourth-order valence-corrected chi connectivity index (χ4v) is 3.94. The Morgan fingerprint density at radius 2 is 1.56 bits per heavy atom. The summed E-state index contributed by atoms with van der Waals surface area (Å²) in [5, 5.41) is 2.53. The number of amides is 3. The van der Waals surface area contributed by atoms with Gasteiger partial charge in [-0.05, 0) is 63.2 Å². The van der Waals surface area contributed by atoms with Gasteiger partial charge in [-0.15, -0.1) is 0 Å². The molecular weight excluding hydrogens is 464 g/mol. The quantitative estimate of drug-likeness (QED) is 0.388. The van der Waals surface area contributed by atoms with Crippen molar-refractivity contribution in [3.05, 3.63) is 48.0 Å². The summed E-state index contributed by atoms with van der Waals surface area (Å²) >= 11 is 0. The SMILES string of the molecule is COc1cc(C(=O)NNC(=O)[C@H](C)NS(=O)(=O)c2ccc(NC(C)=O)cc2)ccc1OC(C)C. The van der Waals surface area contributed by atoms with E-state index in [-0.39, 0.29) is 22.5 Å². The molecule has 2 aromatic rings. The second kappa shape index (κ2) is 11.5. The molecule has 0 aliphatic rings. The number of hydrogen-bond donors (Lipinski definition) is 4. The van der Waals surface area contributed by atoms with Crippen molar-refractivity contribution in [2.24, 2.45) is 0 Å². The highest BCUT2D eigenvalue weighted by Gasteiger charge is 2.23. The number of hydrazine groups is 1. The van der Waals surface area contributed by atoms with Crippen LogP contribution in [0.1, 0.15) is 38.1 Å². The zero-order valence-corrected chi connectivity index (χ0v) is 20.3. The number of benzene rings is 2. The van der Waals surface area contributed by atoms with Gasteiger partial charge < -0.3 is 14.8 Å². The fraction of sp³-hybridized carbons (Fsp3) is 0.318. The maximum atomic E-state index is 12.5. The normalized spacial score (nSPS) is 11.9. The average molecular weight is 493 g/mol. The first-order valence-electron chi connectivity index (χ1n) is 10.3. The van der Waals surface area contributed by atoms with Gasteiger partial charge in [-0.25, -0.2) is 8.42 Å². The molecule has 12 heteroatoms. The van der Waals surface area contributed by atoms with Gasteiger partial charge in [0.05, 0.1) is 24.2 Å². The van der Waals surface area contributed by atoms with Gasteiger partial charge in [0.25, 0.3) is 11.8 Å². The summed E-state index contributed by atoms with van der Waals surface area (Å²) in [4.78, 5) is 35.7. The number of methoxy groups -OCH3 is 1. The Hall–Kier alpha value is -3.64. The summed E-state index contributed by atoms with van der Waals surface area (Å²) in [5.74, 6) is -0.895. The van der Waals surface area contributed by atoms with Crippen molar-refractivity contribution in [2.45, 2.75) is 44.7 Å². The van der Waals surface area contributed by atoms with Crippen molar-refractivity contribution >= 4 is 33.4 Å². The summed E-state index contributed by atoms with van der Waals surface area (Å²) in [6, 6.07) is 8.76. The number of ether oxygens (including phenoxy) is 2. The lowest BCUT2D eigenvalue weighted by Gasteiger charge is -2.16. The number of hydrogen-bond acceptors (Lipinski definition) is 7. The molecule has 0 aliphatic carbocycles. The molecule has 2 rings (SSSR count). The van der Waals surface area contributed by atoms with Gasteiger partial charge in [0.2, 0.25) is 15.9 Å².